The average molecular weight is 237 g/mol. The minimum Gasteiger partial charge on any atom is -0.497 e. The Morgan fingerprint density at radius 3 is 2.71 bits per heavy atom. The topological polar surface area (TPSA) is 78.6 Å². The first-order valence-electron chi connectivity index (χ1n) is 5.21. The summed E-state index contributed by atoms with van der Waals surface area (Å²) in [7, 11) is 1.51. The fourth-order valence-electron chi connectivity index (χ4n) is 1.34. The summed E-state index contributed by atoms with van der Waals surface area (Å²) in [5, 5.41) is 0. The molecule has 1 aromatic rings. The van der Waals surface area contributed by atoms with E-state index < -0.39 is 12.0 Å². The van der Waals surface area contributed by atoms with Gasteiger partial charge in [-0.2, -0.15) is 0 Å². The first-order valence-corrected chi connectivity index (χ1v) is 5.21. The second-order valence-electron chi connectivity index (χ2n) is 3.44. The van der Waals surface area contributed by atoms with E-state index in [0.717, 1.165) is 0 Å². The van der Waals surface area contributed by atoms with E-state index in [2.05, 4.69) is 0 Å². The van der Waals surface area contributed by atoms with E-state index in [9.17, 15) is 9.59 Å². The molecule has 92 valence electrons. The number of aldehydes is 1. The molecule has 0 saturated carbocycles. The molecule has 0 radical (unpaired) electrons. The van der Waals surface area contributed by atoms with Gasteiger partial charge in [0.25, 0.3) is 5.91 Å². The van der Waals surface area contributed by atoms with Crippen LogP contribution >= 0.6 is 0 Å². The smallest absolute Gasteiger partial charge is 0.258 e. The third-order valence-corrected chi connectivity index (χ3v) is 2.31. The zero-order valence-corrected chi connectivity index (χ0v) is 9.80. The number of hydrogen-bond donors (Lipinski definition) is 1. The van der Waals surface area contributed by atoms with Gasteiger partial charge in [0, 0.05) is 6.07 Å². The van der Waals surface area contributed by atoms with Gasteiger partial charge >= 0.3 is 0 Å². The summed E-state index contributed by atoms with van der Waals surface area (Å²) in [6.45, 7) is 1.77. The Morgan fingerprint density at radius 2 is 2.24 bits per heavy atom. The van der Waals surface area contributed by atoms with Gasteiger partial charge in [0.15, 0.2) is 12.4 Å². The van der Waals surface area contributed by atoms with Crippen LogP contribution in [0.1, 0.15) is 23.7 Å². The molecule has 0 aliphatic heterocycles. The highest BCUT2D eigenvalue weighted by molar-refractivity contribution is 5.82. The predicted molar refractivity (Wildman–Crippen MR) is 62.3 cm³/mol. The van der Waals surface area contributed by atoms with Crippen molar-refractivity contribution in [2.45, 2.75) is 19.4 Å². The van der Waals surface area contributed by atoms with Crippen molar-refractivity contribution in [2.24, 2.45) is 5.73 Å². The van der Waals surface area contributed by atoms with E-state index in [4.69, 9.17) is 15.2 Å². The standard InChI is InChI=1S/C12H15NO4/c1-3-10(12(13)15)17-11-6-9(16-2)5-4-8(11)7-14/h4-7,10H,3H2,1-2H3,(H2,13,15). The van der Waals surface area contributed by atoms with E-state index in [1.165, 1.54) is 7.11 Å². The van der Waals surface area contributed by atoms with Gasteiger partial charge in [-0.3, -0.25) is 9.59 Å². The van der Waals surface area contributed by atoms with Crippen LogP contribution in [0.25, 0.3) is 0 Å². The molecule has 0 saturated heterocycles. The molecule has 1 amide bonds. The van der Waals surface area contributed by atoms with Crippen LogP contribution in [0, 0.1) is 0 Å². The molecule has 0 aliphatic rings. The fourth-order valence-corrected chi connectivity index (χ4v) is 1.34. The SMILES string of the molecule is CCC(Oc1cc(OC)ccc1C=O)C(N)=O. The van der Waals surface area contributed by atoms with E-state index in [1.807, 2.05) is 0 Å². The third-order valence-electron chi connectivity index (χ3n) is 2.31. The molecule has 5 nitrogen and oxygen atoms in total. The molecular weight excluding hydrogens is 222 g/mol. The van der Waals surface area contributed by atoms with Crippen molar-refractivity contribution in [3.05, 3.63) is 23.8 Å². The summed E-state index contributed by atoms with van der Waals surface area (Å²) in [4.78, 5) is 21.9. The minimum absolute atomic E-state index is 0.296. The van der Waals surface area contributed by atoms with Crippen molar-refractivity contribution in [1.82, 2.24) is 0 Å². The van der Waals surface area contributed by atoms with Crippen LogP contribution in [-0.2, 0) is 4.79 Å². The second kappa shape index (κ2) is 5.89. The van der Waals surface area contributed by atoms with Crippen LogP contribution in [0.5, 0.6) is 11.5 Å². The lowest BCUT2D eigenvalue weighted by atomic mass is 10.2. The third kappa shape index (κ3) is 3.21. The number of benzene rings is 1. The Morgan fingerprint density at radius 1 is 1.53 bits per heavy atom. The monoisotopic (exact) mass is 237 g/mol. The van der Waals surface area contributed by atoms with Gasteiger partial charge in [-0.25, -0.2) is 0 Å². The van der Waals surface area contributed by atoms with Crippen LogP contribution in [0.2, 0.25) is 0 Å². The average Bonchev–Trinajstić information content (AvgIpc) is 2.35. The number of carbonyl (C=O) groups excluding carboxylic acids is 2. The first-order chi connectivity index (χ1) is 8.12. The van der Waals surface area contributed by atoms with Crippen molar-refractivity contribution >= 4 is 12.2 Å². The van der Waals surface area contributed by atoms with Crippen LogP contribution in [0.15, 0.2) is 18.2 Å². The maximum atomic E-state index is 11.1. The van der Waals surface area contributed by atoms with Crippen molar-refractivity contribution in [2.75, 3.05) is 7.11 Å². The summed E-state index contributed by atoms with van der Waals surface area (Å²) < 4.78 is 10.4. The molecule has 0 heterocycles. The van der Waals surface area contributed by atoms with E-state index in [-0.39, 0.29) is 0 Å². The van der Waals surface area contributed by atoms with Crippen molar-refractivity contribution in [3.63, 3.8) is 0 Å². The number of carbonyl (C=O) groups is 2. The Hall–Kier alpha value is -2.04. The predicted octanol–water partition coefficient (Wildman–Crippen LogP) is 1.15. The fraction of sp³-hybridized carbons (Fsp3) is 0.333. The van der Waals surface area contributed by atoms with Crippen LogP contribution in [0.4, 0.5) is 0 Å². The summed E-state index contributed by atoms with van der Waals surface area (Å²) in [6.07, 6.45) is 0.341. The Labute approximate surface area is 99.5 Å². The van der Waals surface area contributed by atoms with Gasteiger partial charge in [-0.1, -0.05) is 6.92 Å². The molecule has 0 bridgehead atoms. The largest absolute Gasteiger partial charge is 0.497 e. The van der Waals surface area contributed by atoms with Crippen LogP contribution < -0.4 is 15.2 Å². The molecule has 17 heavy (non-hydrogen) atoms. The Kier molecular flexibility index (Phi) is 4.51. The lowest BCUT2D eigenvalue weighted by Gasteiger charge is -2.16. The van der Waals surface area contributed by atoms with Gasteiger partial charge in [-0.05, 0) is 18.6 Å². The summed E-state index contributed by atoms with van der Waals surface area (Å²) in [5.41, 5.74) is 5.53. The normalized spacial score (nSPS) is 11.6. The zero-order chi connectivity index (χ0) is 12.8. The van der Waals surface area contributed by atoms with Gasteiger partial charge in [0.05, 0.1) is 12.7 Å². The molecule has 0 fully saturated rings. The van der Waals surface area contributed by atoms with Gasteiger partial charge in [0.1, 0.15) is 11.5 Å². The zero-order valence-electron chi connectivity index (χ0n) is 9.80. The molecule has 1 unspecified atom stereocenters. The molecule has 0 aliphatic carbocycles. The highest BCUT2D eigenvalue weighted by Gasteiger charge is 2.16. The number of ether oxygens (including phenoxy) is 2. The van der Waals surface area contributed by atoms with E-state index in [1.54, 1.807) is 25.1 Å². The maximum absolute atomic E-state index is 11.1. The summed E-state index contributed by atoms with van der Waals surface area (Å²) in [5.74, 6) is 0.280. The van der Waals surface area contributed by atoms with Crippen molar-refractivity contribution in [3.8, 4) is 11.5 Å². The number of nitrogens with two attached hydrogens (primary N) is 1. The molecule has 0 aromatic heterocycles. The quantitative estimate of drug-likeness (QED) is 0.753. The number of amides is 1. The number of primary amides is 1. The molecule has 1 atom stereocenters. The van der Waals surface area contributed by atoms with Crippen molar-refractivity contribution < 1.29 is 19.1 Å². The van der Waals surface area contributed by atoms with Crippen LogP contribution in [-0.4, -0.2) is 25.4 Å². The lowest BCUT2D eigenvalue weighted by molar-refractivity contribution is -0.124. The Balaban J connectivity index is 3.01. The lowest BCUT2D eigenvalue weighted by Crippen LogP contribution is -2.33. The number of rotatable bonds is 6. The number of hydrogen-bond acceptors (Lipinski definition) is 4. The second-order valence-corrected chi connectivity index (χ2v) is 3.44. The summed E-state index contributed by atoms with van der Waals surface area (Å²) in [6, 6.07) is 4.76. The minimum atomic E-state index is -0.749. The highest BCUT2D eigenvalue weighted by atomic mass is 16.5. The first kappa shape index (κ1) is 13.0. The van der Waals surface area contributed by atoms with Gasteiger partial charge < -0.3 is 15.2 Å². The van der Waals surface area contributed by atoms with E-state index >= 15 is 0 Å². The maximum Gasteiger partial charge on any atom is 0.258 e. The van der Waals surface area contributed by atoms with Crippen LogP contribution in [0.3, 0.4) is 0 Å². The van der Waals surface area contributed by atoms with Gasteiger partial charge in [-0.15, -0.1) is 0 Å². The molecular formula is C12H15NO4. The molecule has 2 N–H and O–H groups in total. The molecule has 0 spiro atoms. The number of methoxy groups -OCH3 is 1. The molecule has 1 aromatic carbocycles. The van der Waals surface area contributed by atoms with Gasteiger partial charge in [0.2, 0.25) is 0 Å². The summed E-state index contributed by atoms with van der Waals surface area (Å²) >= 11 is 0. The van der Waals surface area contributed by atoms with E-state index in [0.29, 0.717) is 29.8 Å². The van der Waals surface area contributed by atoms with Crippen molar-refractivity contribution in [1.29, 1.82) is 0 Å². The molecule has 5 heteroatoms. The highest BCUT2D eigenvalue weighted by Crippen LogP contribution is 2.24. The Bertz CT molecular complexity index is 417. The molecule has 1 rings (SSSR count).